The second kappa shape index (κ2) is 9.58. The number of hydrogen-bond donors (Lipinski definition) is 1. The molecule has 0 aliphatic carbocycles. The van der Waals surface area contributed by atoms with Crippen LogP contribution in [0.4, 0.5) is 0 Å². The van der Waals surface area contributed by atoms with Crippen molar-refractivity contribution >= 4 is 11.8 Å². The predicted molar refractivity (Wildman–Crippen MR) is 129 cm³/mol. The molecule has 34 heavy (non-hydrogen) atoms. The van der Waals surface area contributed by atoms with Gasteiger partial charge in [-0.25, -0.2) is 4.98 Å². The summed E-state index contributed by atoms with van der Waals surface area (Å²) in [5.41, 5.74) is 5.02. The van der Waals surface area contributed by atoms with Gasteiger partial charge in [0.15, 0.2) is 0 Å². The van der Waals surface area contributed by atoms with Crippen molar-refractivity contribution in [3.8, 4) is 5.88 Å². The average molecular weight is 461 g/mol. The van der Waals surface area contributed by atoms with Crippen LogP contribution in [0.1, 0.15) is 65.6 Å². The molecule has 2 fully saturated rings. The van der Waals surface area contributed by atoms with Crippen LogP contribution in [0, 0.1) is 0 Å². The number of fused-ring (bicyclic) bond motifs is 1. The summed E-state index contributed by atoms with van der Waals surface area (Å²) in [5, 5.41) is 2.80. The Labute approximate surface area is 200 Å². The molecule has 1 N–H and O–H groups in total. The third kappa shape index (κ3) is 4.57. The van der Waals surface area contributed by atoms with Crippen molar-refractivity contribution in [2.75, 3.05) is 19.7 Å². The normalized spacial score (nSPS) is 21.5. The third-order valence-electron chi connectivity index (χ3n) is 7.21. The fourth-order valence-electron chi connectivity index (χ4n) is 5.35. The highest BCUT2D eigenvalue weighted by Crippen LogP contribution is 2.34. The van der Waals surface area contributed by atoms with E-state index in [0.717, 1.165) is 49.3 Å². The lowest BCUT2D eigenvalue weighted by Crippen LogP contribution is -2.49. The Balaban J connectivity index is 1.19. The lowest BCUT2D eigenvalue weighted by Gasteiger charge is -2.32. The summed E-state index contributed by atoms with van der Waals surface area (Å²) in [7, 11) is 0. The lowest BCUT2D eigenvalue weighted by atomic mass is 9.88. The number of benzene rings is 1. The van der Waals surface area contributed by atoms with Gasteiger partial charge in [0, 0.05) is 36.6 Å². The quantitative estimate of drug-likeness (QED) is 0.713. The van der Waals surface area contributed by atoms with Crippen molar-refractivity contribution in [2.24, 2.45) is 0 Å². The SMILES string of the molecule is C=C1CCC(N2Cc3cc(C4CCN(Cc5ccc(OCC)nc5)CC4)ccc3C2=O)C(=O)N1. The van der Waals surface area contributed by atoms with Gasteiger partial charge in [-0.2, -0.15) is 0 Å². The fourth-order valence-corrected chi connectivity index (χ4v) is 5.35. The fraction of sp³-hybridized carbons (Fsp3) is 0.444. The highest BCUT2D eigenvalue weighted by Gasteiger charge is 2.38. The lowest BCUT2D eigenvalue weighted by molar-refractivity contribution is -0.126. The maximum Gasteiger partial charge on any atom is 0.255 e. The van der Waals surface area contributed by atoms with Crippen LogP contribution < -0.4 is 10.1 Å². The molecular weight excluding hydrogens is 428 g/mol. The van der Waals surface area contributed by atoms with Gasteiger partial charge in [0.2, 0.25) is 11.8 Å². The van der Waals surface area contributed by atoms with Gasteiger partial charge < -0.3 is 15.0 Å². The number of amides is 2. The molecule has 0 bridgehead atoms. The van der Waals surface area contributed by atoms with E-state index in [0.29, 0.717) is 37.8 Å². The van der Waals surface area contributed by atoms with E-state index in [1.54, 1.807) is 4.90 Å². The zero-order valence-electron chi connectivity index (χ0n) is 19.8. The molecule has 0 spiro atoms. The molecule has 5 rings (SSSR count). The second-order valence-electron chi connectivity index (χ2n) is 9.49. The summed E-state index contributed by atoms with van der Waals surface area (Å²) in [6.45, 7) is 9.90. The average Bonchev–Trinajstić information content (AvgIpc) is 3.16. The summed E-state index contributed by atoms with van der Waals surface area (Å²) < 4.78 is 5.43. The predicted octanol–water partition coefficient (Wildman–Crippen LogP) is 3.61. The number of ether oxygens (including phenoxy) is 1. The highest BCUT2D eigenvalue weighted by atomic mass is 16.5. The number of likely N-dealkylation sites (tertiary alicyclic amines) is 1. The van der Waals surface area contributed by atoms with E-state index in [9.17, 15) is 9.59 Å². The number of allylic oxidation sites excluding steroid dienone is 1. The van der Waals surface area contributed by atoms with E-state index in [1.165, 1.54) is 11.1 Å². The molecule has 0 radical (unpaired) electrons. The molecular formula is C27H32N4O3. The number of nitrogens with zero attached hydrogens (tertiary/aromatic N) is 3. The van der Waals surface area contributed by atoms with Crippen molar-refractivity contribution in [2.45, 2.75) is 57.7 Å². The minimum Gasteiger partial charge on any atom is -0.478 e. The first-order chi connectivity index (χ1) is 16.5. The zero-order valence-corrected chi connectivity index (χ0v) is 19.8. The van der Waals surface area contributed by atoms with Gasteiger partial charge in [0.25, 0.3) is 5.91 Å². The Bertz CT molecular complexity index is 1090. The first-order valence-electron chi connectivity index (χ1n) is 12.2. The monoisotopic (exact) mass is 460 g/mol. The van der Waals surface area contributed by atoms with Crippen molar-refractivity contribution in [3.63, 3.8) is 0 Å². The van der Waals surface area contributed by atoms with E-state index in [2.05, 4.69) is 40.0 Å². The molecule has 2 amide bonds. The van der Waals surface area contributed by atoms with Crippen LogP contribution in [0.3, 0.4) is 0 Å². The number of rotatable bonds is 6. The molecule has 178 valence electrons. The molecule has 1 unspecified atom stereocenters. The van der Waals surface area contributed by atoms with Crippen molar-refractivity contribution in [1.82, 2.24) is 20.1 Å². The molecule has 4 heterocycles. The van der Waals surface area contributed by atoms with Crippen molar-refractivity contribution < 1.29 is 14.3 Å². The molecule has 1 aromatic carbocycles. The Morgan fingerprint density at radius 3 is 2.68 bits per heavy atom. The minimum absolute atomic E-state index is 0.0343. The minimum atomic E-state index is -0.408. The summed E-state index contributed by atoms with van der Waals surface area (Å²) in [5.74, 6) is 1.01. The van der Waals surface area contributed by atoms with E-state index < -0.39 is 6.04 Å². The summed E-state index contributed by atoms with van der Waals surface area (Å²) >= 11 is 0. The zero-order chi connectivity index (χ0) is 23.7. The van der Waals surface area contributed by atoms with Crippen LogP contribution in [-0.4, -0.2) is 52.3 Å². The second-order valence-corrected chi connectivity index (χ2v) is 9.49. The van der Waals surface area contributed by atoms with Crippen molar-refractivity contribution in [1.29, 1.82) is 0 Å². The highest BCUT2D eigenvalue weighted by molar-refractivity contribution is 6.01. The van der Waals surface area contributed by atoms with Crippen LogP contribution in [0.2, 0.25) is 0 Å². The molecule has 0 saturated carbocycles. The summed E-state index contributed by atoms with van der Waals surface area (Å²) in [6, 6.07) is 9.90. The molecule has 1 aromatic heterocycles. The van der Waals surface area contributed by atoms with Gasteiger partial charge in [-0.1, -0.05) is 24.8 Å². The molecule has 1 atom stereocenters. The first-order valence-corrected chi connectivity index (χ1v) is 12.2. The van der Waals surface area contributed by atoms with Crippen LogP contribution in [0.15, 0.2) is 48.8 Å². The van der Waals surface area contributed by atoms with Gasteiger partial charge in [0.05, 0.1) is 6.61 Å². The van der Waals surface area contributed by atoms with Crippen LogP contribution in [0.5, 0.6) is 5.88 Å². The van der Waals surface area contributed by atoms with Crippen LogP contribution in [0.25, 0.3) is 0 Å². The van der Waals surface area contributed by atoms with Gasteiger partial charge in [0.1, 0.15) is 6.04 Å². The third-order valence-corrected chi connectivity index (χ3v) is 7.21. The number of pyridine rings is 1. The van der Waals surface area contributed by atoms with E-state index in [-0.39, 0.29) is 11.8 Å². The van der Waals surface area contributed by atoms with E-state index in [4.69, 9.17) is 4.74 Å². The molecule has 2 saturated heterocycles. The number of aromatic nitrogens is 1. The summed E-state index contributed by atoms with van der Waals surface area (Å²) in [6.07, 6.45) is 5.44. The maximum absolute atomic E-state index is 13.0. The van der Waals surface area contributed by atoms with E-state index in [1.807, 2.05) is 25.3 Å². The molecule has 2 aromatic rings. The van der Waals surface area contributed by atoms with Crippen LogP contribution in [-0.2, 0) is 17.9 Å². The smallest absolute Gasteiger partial charge is 0.255 e. The molecule has 7 heteroatoms. The number of hydrogen-bond acceptors (Lipinski definition) is 5. The Kier molecular flexibility index (Phi) is 6.37. The van der Waals surface area contributed by atoms with Crippen LogP contribution >= 0.6 is 0 Å². The van der Waals surface area contributed by atoms with E-state index >= 15 is 0 Å². The number of nitrogens with one attached hydrogen (secondary N) is 1. The number of carbonyl (C=O) groups is 2. The summed E-state index contributed by atoms with van der Waals surface area (Å²) in [4.78, 5) is 34.0. The van der Waals surface area contributed by atoms with Gasteiger partial charge in [-0.15, -0.1) is 0 Å². The standard InChI is InChI=1S/C27H32N4O3/c1-3-34-25-9-5-19(15-28-25)16-30-12-10-20(11-13-30)21-6-7-23-22(14-21)17-31(27(23)33)24-8-4-18(2)29-26(24)32/h5-7,9,14-15,20,24H,2-4,8,10-13,16-17H2,1H3,(H,29,32). The largest absolute Gasteiger partial charge is 0.478 e. The molecule has 3 aliphatic heterocycles. The number of piperidine rings is 2. The van der Waals surface area contributed by atoms with Gasteiger partial charge in [-0.05, 0) is 74.4 Å². The Morgan fingerprint density at radius 2 is 1.97 bits per heavy atom. The van der Waals surface area contributed by atoms with Gasteiger partial charge >= 0.3 is 0 Å². The van der Waals surface area contributed by atoms with Gasteiger partial charge in [-0.3, -0.25) is 14.5 Å². The molecule has 3 aliphatic rings. The van der Waals surface area contributed by atoms with Crippen molar-refractivity contribution in [3.05, 3.63) is 71.1 Å². The maximum atomic E-state index is 13.0. The Morgan fingerprint density at radius 1 is 1.15 bits per heavy atom. The molecule has 7 nitrogen and oxygen atoms in total. The first kappa shape index (κ1) is 22.6. The number of carbonyl (C=O) groups excluding carboxylic acids is 2. The topological polar surface area (TPSA) is 74.8 Å². The Hall–Kier alpha value is -3.19.